The first-order valence-electron chi connectivity index (χ1n) is 25.8. The van der Waals surface area contributed by atoms with Gasteiger partial charge in [-0.25, -0.2) is 9.59 Å². The van der Waals surface area contributed by atoms with Gasteiger partial charge in [0.05, 0.1) is 47.8 Å². The number of carbonyl (C=O) groups excluding carboxylic acids is 3. The minimum atomic E-state index is -0.867. The SMILES string of the molecule is C=C(Br)C[C@@H](CC[C@@]12C[C@H]3O[C@H]4[C@@H](O1)[C@H]1O[C@@H](CC=O)CC[C@@H]1O[C@H]4[C@H]3O2)OC(=O)c1ccccc1.C=C(Br)C[C@@H](CC[C@@]12C[C@H]3O[C@H]4[C@@H](O1)[C@H]1O[C@@H](CCO)CC[C@@H]1O[C@H]4[C@H]3O2)OC(=O)c1ccccc1. The van der Waals surface area contributed by atoms with E-state index in [0.717, 1.165) is 40.9 Å². The van der Waals surface area contributed by atoms with Gasteiger partial charge < -0.3 is 66.7 Å². The van der Waals surface area contributed by atoms with Gasteiger partial charge >= 0.3 is 11.9 Å². The Kier molecular flexibility index (Phi) is 15.3. The molecule has 0 aromatic heterocycles. The molecule has 0 spiro atoms. The van der Waals surface area contributed by atoms with Crippen LogP contribution < -0.4 is 0 Å². The number of carbonyl (C=O) groups is 3. The lowest BCUT2D eigenvalue weighted by molar-refractivity contribution is -0.293. The van der Waals surface area contributed by atoms with E-state index < -0.39 is 17.7 Å². The zero-order valence-electron chi connectivity index (χ0n) is 40.1. The Labute approximate surface area is 436 Å². The highest BCUT2D eigenvalue weighted by Gasteiger charge is 2.70. The number of aliphatic hydroxyl groups is 1. The lowest BCUT2D eigenvalue weighted by Gasteiger charge is -2.47. The molecule has 0 aliphatic carbocycles. The number of hydrogen-bond acceptors (Lipinski definition) is 16. The molecule has 1 N–H and O–H groups in total. The highest BCUT2D eigenvalue weighted by atomic mass is 79.9. The molecular weight excluding hydrogens is 1060 g/mol. The molecular formula is C54H64Br2O16. The number of aliphatic hydroxyl groups excluding tert-OH is 1. The average Bonchev–Trinajstić information content (AvgIpc) is 4.00. The van der Waals surface area contributed by atoms with Crippen molar-refractivity contribution in [2.45, 2.75) is 211 Å². The van der Waals surface area contributed by atoms with E-state index in [9.17, 15) is 19.5 Å². The molecule has 0 unspecified atom stereocenters. The van der Waals surface area contributed by atoms with Crippen molar-refractivity contribution in [2.75, 3.05) is 6.61 Å². The van der Waals surface area contributed by atoms with Crippen LogP contribution in [0.25, 0.3) is 0 Å². The summed E-state index contributed by atoms with van der Waals surface area (Å²) in [6.07, 6.45) is 5.85. The standard InChI is InChI=1S/C27H33BrO8.C27H31BrO8/c2*1-15(28)13-18(32-26(30)16-5-3-2-4-6-16)9-11-27-14-20-22(35-27)23-24(34-20)25(36-27)21-19(33-23)8-7-17(31-21)10-12-29/h2-6,17-25,29H,1,7-14H2;2-6,12,17-25H,1,7-11,13-14H2/t2*17-,18-,19+,20-,21+,22+,23+,24-,25+,27+/m11/s1. The van der Waals surface area contributed by atoms with E-state index in [-0.39, 0.29) is 122 Å². The van der Waals surface area contributed by atoms with Gasteiger partial charge in [0.15, 0.2) is 11.6 Å². The minimum absolute atomic E-state index is 0.0148. The Balaban J connectivity index is 0.000000156. The predicted octanol–water partition coefficient (Wildman–Crippen LogP) is 7.49. The summed E-state index contributed by atoms with van der Waals surface area (Å²) < 4.78 is 78.3. The van der Waals surface area contributed by atoms with E-state index >= 15 is 0 Å². The Morgan fingerprint density at radius 3 is 1.44 bits per heavy atom. The topological polar surface area (TPSA) is 182 Å². The van der Waals surface area contributed by atoms with Crippen LogP contribution in [0.4, 0.5) is 0 Å². The fourth-order valence-electron chi connectivity index (χ4n) is 12.8. The van der Waals surface area contributed by atoms with E-state index in [1.807, 2.05) is 36.4 Å². The molecule has 12 heterocycles. The summed E-state index contributed by atoms with van der Waals surface area (Å²) in [7, 11) is 0. The van der Waals surface area contributed by atoms with E-state index in [4.69, 9.17) is 56.8 Å². The van der Waals surface area contributed by atoms with Crippen LogP contribution in [0.15, 0.2) is 82.8 Å². The van der Waals surface area contributed by atoms with E-state index in [1.165, 1.54) is 0 Å². The van der Waals surface area contributed by atoms with Gasteiger partial charge in [-0.05, 0) is 78.2 Å². The monoisotopic (exact) mass is 1130 g/mol. The first-order valence-corrected chi connectivity index (χ1v) is 27.3. The Morgan fingerprint density at radius 2 is 1.00 bits per heavy atom. The first-order chi connectivity index (χ1) is 34.9. The summed E-state index contributed by atoms with van der Waals surface area (Å²) >= 11 is 6.85. The van der Waals surface area contributed by atoms with Crippen molar-refractivity contribution in [1.29, 1.82) is 0 Å². The molecule has 12 aliphatic rings. The van der Waals surface area contributed by atoms with Gasteiger partial charge in [0, 0.05) is 51.6 Å². The maximum absolute atomic E-state index is 12.7. The van der Waals surface area contributed by atoms with Gasteiger partial charge in [-0.3, -0.25) is 0 Å². The molecule has 2 aromatic carbocycles. The molecule has 18 heteroatoms. The predicted molar refractivity (Wildman–Crippen MR) is 262 cm³/mol. The van der Waals surface area contributed by atoms with Crippen molar-refractivity contribution in [3.63, 3.8) is 0 Å². The lowest BCUT2D eigenvalue weighted by atomic mass is 9.87. The van der Waals surface area contributed by atoms with Crippen LogP contribution in [0, 0.1) is 0 Å². The van der Waals surface area contributed by atoms with Gasteiger partial charge in [-0.2, -0.15) is 0 Å². The molecule has 12 saturated heterocycles. The molecule has 2 aromatic rings. The van der Waals surface area contributed by atoms with Crippen molar-refractivity contribution < 1.29 is 76.3 Å². The van der Waals surface area contributed by atoms with Gasteiger partial charge in [0.25, 0.3) is 0 Å². The summed E-state index contributed by atoms with van der Waals surface area (Å²) in [6, 6.07) is 18.0. The highest BCUT2D eigenvalue weighted by molar-refractivity contribution is 9.12. The van der Waals surface area contributed by atoms with Crippen molar-refractivity contribution >= 4 is 50.1 Å². The molecule has 12 fully saturated rings. The Morgan fingerprint density at radius 1 is 0.583 bits per heavy atom. The normalized spacial score (nSPS) is 40.9. The van der Waals surface area contributed by atoms with Crippen LogP contribution in [-0.4, -0.2) is 151 Å². The molecule has 14 rings (SSSR count). The second-order valence-corrected chi connectivity index (χ2v) is 23.2. The van der Waals surface area contributed by atoms with Gasteiger partial charge in [0.2, 0.25) is 0 Å². The van der Waals surface area contributed by atoms with Crippen LogP contribution in [0.2, 0.25) is 0 Å². The summed E-state index contributed by atoms with van der Waals surface area (Å²) in [5, 5.41) is 9.42. The molecule has 390 valence electrons. The van der Waals surface area contributed by atoms with Crippen LogP contribution in [0.5, 0.6) is 0 Å². The zero-order valence-corrected chi connectivity index (χ0v) is 43.3. The number of ether oxygens (including phenoxy) is 12. The maximum Gasteiger partial charge on any atom is 0.338 e. The van der Waals surface area contributed by atoms with Crippen LogP contribution in [-0.2, 0) is 61.6 Å². The zero-order chi connectivity index (χ0) is 49.7. The smallest absolute Gasteiger partial charge is 0.338 e. The Hall–Kier alpha value is -2.95. The fraction of sp³-hybridized carbons (Fsp3) is 0.648. The summed E-state index contributed by atoms with van der Waals surface area (Å²) in [4.78, 5) is 36.6. The molecule has 0 radical (unpaired) electrons. The van der Waals surface area contributed by atoms with Crippen molar-refractivity contribution in [3.05, 3.63) is 93.9 Å². The molecule has 72 heavy (non-hydrogen) atoms. The molecule has 20 atom stereocenters. The minimum Gasteiger partial charge on any atom is -0.458 e. The molecule has 0 saturated carbocycles. The van der Waals surface area contributed by atoms with E-state index in [2.05, 4.69) is 45.0 Å². The van der Waals surface area contributed by atoms with Crippen molar-refractivity contribution in [1.82, 2.24) is 0 Å². The first kappa shape index (κ1) is 51.2. The number of aldehydes is 1. The van der Waals surface area contributed by atoms with Crippen LogP contribution in [0.1, 0.15) is 111 Å². The van der Waals surface area contributed by atoms with Gasteiger partial charge in [-0.1, -0.05) is 81.4 Å². The van der Waals surface area contributed by atoms with E-state index in [0.29, 0.717) is 75.3 Å². The Bertz CT molecular complexity index is 2290. The number of hydrogen-bond donors (Lipinski definition) is 1. The van der Waals surface area contributed by atoms with Gasteiger partial charge in [-0.15, -0.1) is 0 Å². The average molecular weight is 1130 g/mol. The van der Waals surface area contributed by atoms with Gasteiger partial charge in [0.1, 0.15) is 79.5 Å². The largest absolute Gasteiger partial charge is 0.458 e. The highest BCUT2D eigenvalue weighted by Crippen LogP contribution is 2.56. The second kappa shape index (κ2) is 21.6. The molecule has 12 aliphatic heterocycles. The lowest BCUT2D eigenvalue weighted by Crippen LogP contribution is -2.61. The second-order valence-electron chi connectivity index (χ2n) is 20.9. The van der Waals surface area contributed by atoms with Crippen molar-refractivity contribution in [2.24, 2.45) is 0 Å². The fourth-order valence-corrected chi connectivity index (χ4v) is 13.6. The third-order valence-electron chi connectivity index (χ3n) is 16.0. The number of fused-ring (bicyclic) bond motifs is 2. The maximum atomic E-state index is 12.7. The number of halogens is 2. The number of benzene rings is 2. The van der Waals surface area contributed by atoms with E-state index in [1.54, 1.807) is 24.3 Å². The number of rotatable bonds is 18. The summed E-state index contributed by atoms with van der Waals surface area (Å²) in [5.41, 5.74) is 1.02. The molecule has 12 bridgehead atoms. The molecule has 16 nitrogen and oxygen atoms in total. The summed E-state index contributed by atoms with van der Waals surface area (Å²) in [6.45, 7) is 7.99. The number of esters is 2. The van der Waals surface area contributed by atoms with Crippen LogP contribution in [0.3, 0.4) is 0 Å². The third-order valence-corrected chi connectivity index (χ3v) is 16.7. The third kappa shape index (κ3) is 10.5. The molecule has 0 amide bonds. The van der Waals surface area contributed by atoms with Crippen molar-refractivity contribution in [3.8, 4) is 0 Å². The van der Waals surface area contributed by atoms with Crippen LogP contribution >= 0.6 is 31.9 Å². The quantitative estimate of drug-likeness (QED) is 0.114. The summed E-state index contributed by atoms with van der Waals surface area (Å²) in [5.74, 6) is -2.44.